The summed E-state index contributed by atoms with van der Waals surface area (Å²) in [4.78, 5) is 0. The maximum atomic E-state index is 7.18. The van der Waals surface area contributed by atoms with Gasteiger partial charge in [0.2, 0.25) is 0 Å². The fraction of sp³-hybridized carbons (Fsp3) is 1.00. The second kappa shape index (κ2) is 18.2. The van der Waals surface area contributed by atoms with Gasteiger partial charge in [0, 0.05) is 0 Å². The summed E-state index contributed by atoms with van der Waals surface area (Å²) in [5.74, 6) is 0. The van der Waals surface area contributed by atoms with E-state index in [0.717, 1.165) is 24.2 Å². The van der Waals surface area contributed by atoms with Gasteiger partial charge >= 0.3 is 9.05 Å². The lowest BCUT2D eigenvalue weighted by atomic mass is 10.4. The fourth-order valence-electron chi connectivity index (χ4n) is 4.09. The molecule has 2 atom stereocenters. The van der Waals surface area contributed by atoms with E-state index in [-0.39, 0.29) is 0 Å². The van der Waals surface area contributed by atoms with Crippen LogP contribution in [0.25, 0.3) is 0 Å². The minimum absolute atomic E-state index is 1.13. The number of unbranched alkanes of at least 4 members (excludes halogenated alkanes) is 4. The quantitative estimate of drug-likeness (QED) is 0.126. The van der Waals surface area contributed by atoms with Crippen LogP contribution in [-0.4, -0.2) is 43.8 Å². The fourth-order valence-corrected chi connectivity index (χ4v) is 24.6. The molecule has 0 N–H and O–H groups in total. The molecule has 0 amide bonds. The molecule has 4 nitrogen and oxygen atoms in total. The third-order valence-corrected chi connectivity index (χ3v) is 24.8. The van der Waals surface area contributed by atoms with Crippen molar-refractivity contribution in [3.8, 4) is 0 Å². The summed E-state index contributed by atoms with van der Waals surface area (Å²) >= 11 is 0. The first-order valence-electron chi connectivity index (χ1n) is 14.3. The zero-order chi connectivity index (χ0) is 25.4. The molecule has 0 saturated heterocycles. The summed E-state index contributed by atoms with van der Waals surface area (Å²) in [7, 11) is -9.97. The molecular weight excluding hydrogens is 493 g/mol. The van der Waals surface area contributed by atoms with E-state index in [2.05, 4.69) is 67.7 Å². The Kier molecular flexibility index (Phi) is 18.7. The second-order valence-corrected chi connectivity index (χ2v) is 28.8. The van der Waals surface area contributed by atoms with Gasteiger partial charge in [0.15, 0.2) is 34.7 Å². The maximum Gasteiger partial charge on any atom is 0.636 e. The van der Waals surface area contributed by atoms with Crippen molar-refractivity contribution in [3.63, 3.8) is 0 Å². The van der Waals surface area contributed by atoms with Crippen LogP contribution in [0.5, 0.6) is 0 Å². The summed E-state index contributed by atoms with van der Waals surface area (Å²) in [6, 6.07) is 6.99. The summed E-state index contributed by atoms with van der Waals surface area (Å²) in [5, 5.41) is 0. The van der Waals surface area contributed by atoms with Gasteiger partial charge in [0.05, 0.1) is 0 Å². The molecule has 2 unspecified atom stereocenters. The van der Waals surface area contributed by atoms with Crippen molar-refractivity contribution < 1.29 is 16.5 Å². The van der Waals surface area contributed by atoms with Gasteiger partial charge in [0.25, 0.3) is 0 Å². The molecule has 0 spiro atoms. The van der Waals surface area contributed by atoms with Crippen molar-refractivity contribution in [3.05, 3.63) is 0 Å². The van der Waals surface area contributed by atoms with Crippen LogP contribution < -0.4 is 0 Å². The number of hydrogen-bond acceptors (Lipinski definition) is 4. The minimum atomic E-state index is -3.19. The molecule has 0 aromatic carbocycles. The third kappa shape index (κ3) is 15.6. The Hall–Kier alpha value is 0.924. The van der Waals surface area contributed by atoms with E-state index in [1.54, 1.807) is 0 Å². The predicted octanol–water partition coefficient (Wildman–Crippen LogP) is 8.59. The highest BCUT2D eigenvalue weighted by Gasteiger charge is 2.54. The van der Waals surface area contributed by atoms with Gasteiger partial charge in [-0.15, -0.1) is 0 Å². The topological polar surface area (TPSA) is 36.9 Å². The predicted molar refractivity (Wildman–Crippen MR) is 159 cm³/mol. The molecule has 0 aromatic heterocycles. The Balaban J connectivity index is 6.20. The van der Waals surface area contributed by atoms with E-state index >= 15 is 0 Å². The van der Waals surface area contributed by atoms with Crippen molar-refractivity contribution in [1.29, 1.82) is 0 Å². The van der Waals surface area contributed by atoms with Crippen LogP contribution >= 0.6 is 0 Å². The molecule has 0 heterocycles. The Labute approximate surface area is 215 Å². The largest absolute Gasteiger partial charge is 0.636 e. The molecule has 200 valence electrons. The lowest BCUT2D eigenvalue weighted by molar-refractivity contribution is 0.151. The molecule has 0 aliphatic heterocycles. The van der Waals surface area contributed by atoms with Gasteiger partial charge in [-0.25, -0.2) is 0 Å². The molecule has 33 heavy (non-hydrogen) atoms. The lowest BCUT2D eigenvalue weighted by Crippen LogP contribution is -2.63. The first-order valence-corrected chi connectivity index (χ1v) is 26.4. The van der Waals surface area contributed by atoms with Crippen LogP contribution in [0.3, 0.4) is 0 Å². The smallest absolute Gasteiger partial charge is 0.398 e. The highest BCUT2D eigenvalue weighted by molar-refractivity contribution is 6.88. The van der Waals surface area contributed by atoms with Gasteiger partial charge in [-0.2, -0.15) is 0 Å². The Morgan fingerprint density at radius 1 is 0.515 bits per heavy atom. The van der Waals surface area contributed by atoms with Gasteiger partial charge in [-0.05, 0) is 62.5 Å². The first kappa shape index (κ1) is 33.9. The van der Waals surface area contributed by atoms with E-state index in [0.29, 0.717) is 0 Å². The number of hydrogen-bond donors (Lipinski definition) is 0. The first-order chi connectivity index (χ1) is 15.5. The van der Waals surface area contributed by atoms with Crippen molar-refractivity contribution in [2.45, 2.75) is 155 Å². The van der Waals surface area contributed by atoms with E-state index < -0.39 is 43.8 Å². The summed E-state index contributed by atoms with van der Waals surface area (Å²) in [6.45, 7) is 23.2. The second-order valence-electron chi connectivity index (χ2n) is 11.0. The normalized spacial score (nSPS) is 15.1. The van der Waals surface area contributed by atoms with Crippen LogP contribution in [0.2, 0.25) is 62.5 Å². The zero-order valence-electron chi connectivity index (χ0n) is 24.2. The Morgan fingerprint density at radius 2 is 0.848 bits per heavy atom. The van der Waals surface area contributed by atoms with Crippen LogP contribution in [0.4, 0.5) is 0 Å². The van der Waals surface area contributed by atoms with Crippen LogP contribution in [0.1, 0.15) is 92.9 Å². The minimum Gasteiger partial charge on any atom is -0.398 e. The average Bonchev–Trinajstić information content (AvgIpc) is 2.76. The van der Waals surface area contributed by atoms with Gasteiger partial charge in [-0.3, -0.25) is 0 Å². The van der Waals surface area contributed by atoms with Crippen molar-refractivity contribution in [2.75, 3.05) is 0 Å². The molecule has 0 aliphatic rings. The SMILES string of the molecule is CCCC[SiH](CC)O[Si](O[SiH](CC)CCCC)(O[Si](C)(C)CCCC)O[Si](C)(C)CCCC. The van der Waals surface area contributed by atoms with Crippen molar-refractivity contribution in [1.82, 2.24) is 0 Å². The molecule has 0 fully saturated rings. The van der Waals surface area contributed by atoms with E-state index in [1.165, 1.54) is 63.5 Å². The Bertz CT molecular complexity index is 438. The summed E-state index contributed by atoms with van der Waals surface area (Å²) in [5.41, 5.74) is 0. The zero-order valence-corrected chi connectivity index (χ0v) is 29.5. The highest BCUT2D eigenvalue weighted by Crippen LogP contribution is 2.31. The molecule has 0 bridgehead atoms. The van der Waals surface area contributed by atoms with Gasteiger partial charge in [0.1, 0.15) is 0 Å². The average molecular weight is 553 g/mol. The Morgan fingerprint density at radius 3 is 1.12 bits per heavy atom. The lowest BCUT2D eigenvalue weighted by Gasteiger charge is -2.43. The van der Waals surface area contributed by atoms with E-state index in [4.69, 9.17) is 16.5 Å². The van der Waals surface area contributed by atoms with Crippen LogP contribution in [0.15, 0.2) is 0 Å². The van der Waals surface area contributed by atoms with Crippen molar-refractivity contribution >= 4 is 43.8 Å². The van der Waals surface area contributed by atoms with Crippen LogP contribution in [-0.2, 0) is 16.5 Å². The number of rotatable bonds is 22. The van der Waals surface area contributed by atoms with Crippen molar-refractivity contribution in [2.24, 2.45) is 0 Å². The van der Waals surface area contributed by atoms with Crippen LogP contribution in [0, 0.1) is 0 Å². The molecule has 0 rings (SSSR count). The highest BCUT2D eigenvalue weighted by atomic mass is 28.5. The summed E-state index contributed by atoms with van der Waals surface area (Å²) in [6.07, 6.45) is 9.78. The maximum absolute atomic E-state index is 7.18. The standard InChI is InChI=1S/C24H60O4Si5/c1-11-17-21-29(15-5)25-33(26-30(16-6)22-18-12-2,27-31(7,8)23-19-13-3)28-32(9,10)24-20-14-4/h29-30H,11-24H2,1-10H3. The van der Waals surface area contributed by atoms with E-state index in [9.17, 15) is 0 Å². The molecular formula is C24H60O4Si5. The molecule has 0 aliphatic carbocycles. The molecule has 0 aromatic rings. The summed E-state index contributed by atoms with van der Waals surface area (Å²) < 4.78 is 28.7. The van der Waals surface area contributed by atoms with E-state index in [1.807, 2.05) is 0 Å². The molecule has 9 heteroatoms. The molecule has 0 saturated carbocycles. The monoisotopic (exact) mass is 552 g/mol. The van der Waals surface area contributed by atoms with Gasteiger partial charge < -0.3 is 16.5 Å². The van der Waals surface area contributed by atoms with Gasteiger partial charge in [-0.1, -0.05) is 92.9 Å². The third-order valence-electron chi connectivity index (χ3n) is 6.36. The molecule has 0 radical (unpaired) electrons.